The van der Waals surface area contributed by atoms with Crippen molar-refractivity contribution in [2.45, 2.75) is 32.8 Å². The first-order valence-corrected chi connectivity index (χ1v) is 3.96. The summed E-state index contributed by atoms with van der Waals surface area (Å²) in [5, 5.41) is 2.25. The van der Waals surface area contributed by atoms with Gasteiger partial charge in [0.25, 0.3) is 0 Å². The van der Waals surface area contributed by atoms with Gasteiger partial charge in [0.2, 0.25) is 0 Å². The maximum atomic E-state index is 11.7. The van der Waals surface area contributed by atoms with Gasteiger partial charge < -0.3 is 10.1 Å². The van der Waals surface area contributed by atoms with Gasteiger partial charge in [0.05, 0.1) is 6.42 Å². The minimum atomic E-state index is -1.45. The molecular formula is C8H14FNO3. The highest BCUT2D eigenvalue weighted by atomic mass is 19.1. The molecule has 0 aromatic carbocycles. The Labute approximate surface area is 76.4 Å². The van der Waals surface area contributed by atoms with E-state index in [0.717, 1.165) is 0 Å². The lowest BCUT2D eigenvalue weighted by Gasteiger charge is -2.19. The molecule has 0 aromatic heterocycles. The Morgan fingerprint density at radius 3 is 2.31 bits per heavy atom. The number of carbonyl (C=O) groups excluding carboxylic acids is 2. The zero-order valence-corrected chi connectivity index (χ0v) is 8.02. The van der Waals surface area contributed by atoms with Crippen LogP contribution in [0.25, 0.3) is 0 Å². The number of nitrogens with one attached hydrogen (secondary N) is 1. The van der Waals surface area contributed by atoms with E-state index >= 15 is 0 Å². The molecule has 0 aliphatic carbocycles. The molecular weight excluding hydrogens is 177 g/mol. The van der Waals surface area contributed by atoms with Gasteiger partial charge in [0.1, 0.15) is 5.60 Å². The number of hydrogen-bond donors (Lipinski definition) is 1. The van der Waals surface area contributed by atoms with Gasteiger partial charge in [-0.3, -0.25) is 4.79 Å². The molecule has 0 aliphatic rings. The standard InChI is InChI=1S/C8H14FNO3/c1-8(2,3)13-7(12)10-5-4-6(9)11/h4-5H2,1-3H3,(H,10,12). The van der Waals surface area contributed by atoms with E-state index in [4.69, 9.17) is 4.74 Å². The number of rotatable bonds is 3. The van der Waals surface area contributed by atoms with Crippen molar-refractivity contribution in [2.24, 2.45) is 0 Å². The molecule has 0 bridgehead atoms. The van der Waals surface area contributed by atoms with Crippen molar-refractivity contribution in [1.29, 1.82) is 0 Å². The zero-order chi connectivity index (χ0) is 10.5. The van der Waals surface area contributed by atoms with Crippen LogP contribution in [0.4, 0.5) is 9.18 Å². The average Bonchev–Trinajstić information content (AvgIpc) is 1.81. The second kappa shape index (κ2) is 4.79. The fourth-order valence-corrected chi connectivity index (χ4v) is 0.577. The third kappa shape index (κ3) is 8.78. The maximum absolute atomic E-state index is 11.7. The zero-order valence-electron chi connectivity index (χ0n) is 8.02. The summed E-state index contributed by atoms with van der Waals surface area (Å²) in [4.78, 5) is 20.7. The molecule has 0 spiro atoms. The van der Waals surface area contributed by atoms with Gasteiger partial charge in [0.15, 0.2) is 0 Å². The van der Waals surface area contributed by atoms with Gasteiger partial charge in [-0.25, -0.2) is 4.79 Å². The van der Waals surface area contributed by atoms with E-state index in [9.17, 15) is 14.0 Å². The molecule has 0 aliphatic heterocycles. The van der Waals surface area contributed by atoms with Crippen molar-refractivity contribution in [3.05, 3.63) is 0 Å². The van der Waals surface area contributed by atoms with Crippen molar-refractivity contribution >= 4 is 12.1 Å². The summed E-state index contributed by atoms with van der Waals surface area (Å²) in [7, 11) is 0. The minimum Gasteiger partial charge on any atom is -0.444 e. The van der Waals surface area contributed by atoms with Crippen molar-refractivity contribution in [3.63, 3.8) is 0 Å². The molecule has 1 N–H and O–H groups in total. The highest BCUT2D eigenvalue weighted by Gasteiger charge is 2.15. The Balaban J connectivity index is 3.59. The van der Waals surface area contributed by atoms with Crippen LogP contribution in [0.2, 0.25) is 0 Å². The molecule has 13 heavy (non-hydrogen) atoms. The van der Waals surface area contributed by atoms with E-state index in [1.165, 1.54) is 0 Å². The van der Waals surface area contributed by atoms with Crippen LogP contribution in [0.15, 0.2) is 0 Å². The lowest BCUT2D eigenvalue weighted by atomic mass is 10.2. The van der Waals surface area contributed by atoms with Crippen LogP contribution < -0.4 is 5.32 Å². The minimum absolute atomic E-state index is 0.0375. The SMILES string of the molecule is CC(C)(C)OC(=O)NCCC(=O)F. The molecule has 0 radical (unpaired) electrons. The molecule has 0 aromatic rings. The summed E-state index contributed by atoms with van der Waals surface area (Å²) in [6, 6.07) is -1.45. The monoisotopic (exact) mass is 191 g/mol. The first-order chi connectivity index (χ1) is 5.81. The van der Waals surface area contributed by atoms with E-state index in [0.29, 0.717) is 0 Å². The number of ether oxygens (including phenoxy) is 1. The Morgan fingerprint density at radius 1 is 1.38 bits per heavy atom. The molecule has 0 heterocycles. The van der Waals surface area contributed by atoms with Gasteiger partial charge in [-0.2, -0.15) is 4.39 Å². The van der Waals surface area contributed by atoms with E-state index in [-0.39, 0.29) is 13.0 Å². The second-order valence-electron chi connectivity index (χ2n) is 3.53. The van der Waals surface area contributed by atoms with Crippen LogP contribution in [-0.2, 0) is 9.53 Å². The van der Waals surface area contributed by atoms with Gasteiger partial charge in [-0.15, -0.1) is 0 Å². The summed E-state index contributed by atoms with van der Waals surface area (Å²) >= 11 is 0. The van der Waals surface area contributed by atoms with Crippen LogP contribution in [-0.4, -0.2) is 24.3 Å². The van der Waals surface area contributed by atoms with E-state index in [1.54, 1.807) is 20.8 Å². The van der Waals surface area contributed by atoms with Crippen LogP contribution in [0.3, 0.4) is 0 Å². The largest absolute Gasteiger partial charge is 0.444 e. The predicted molar refractivity (Wildman–Crippen MR) is 45.0 cm³/mol. The van der Waals surface area contributed by atoms with Crippen LogP contribution in [0, 0.1) is 0 Å². The third-order valence-corrected chi connectivity index (χ3v) is 0.990. The Bertz CT molecular complexity index is 198. The molecule has 1 amide bonds. The molecule has 0 fully saturated rings. The van der Waals surface area contributed by atoms with Crippen LogP contribution >= 0.6 is 0 Å². The molecule has 0 rings (SSSR count). The molecule has 0 saturated heterocycles. The van der Waals surface area contributed by atoms with Gasteiger partial charge >= 0.3 is 12.1 Å². The van der Waals surface area contributed by atoms with Gasteiger partial charge in [-0.05, 0) is 20.8 Å². The maximum Gasteiger partial charge on any atom is 0.407 e. The molecule has 0 unspecified atom stereocenters. The van der Waals surface area contributed by atoms with E-state index < -0.39 is 17.7 Å². The third-order valence-electron chi connectivity index (χ3n) is 0.990. The fraction of sp³-hybridized carbons (Fsp3) is 0.750. The molecule has 0 atom stereocenters. The summed E-state index contributed by atoms with van der Waals surface area (Å²) < 4.78 is 16.5. The molecule has 0 saturated carbocycles. The molecule has 4 nitrogen and oxygen atoms in total. The number of halogens is 1. The predicted octanol–water partition coefficient (Wildman–Crippen LogP) is 1.40. The second-order valence-corrected chi connectivity index (χ2v) is 3.53. The number of alkyl carbamates (subject to hydrolysis) is 1. The lowest BCUT2D eigenvalue weighted by Crippen LogP contribution is -2.33. The smallest absolute Gasteiger partial charge is 0.407 e. The van der Waals surface area contributed by atoms with Crippen molar-refractivity contribution in [3.8, 4) is 0 Å². The van der Waals surface area contributed by atoms with Gasteiger partial charge in [-0.1, -0.05) is 0 Å². The summed E-state index contributed by atoms with van der Waals surface area (Å²) in [6.07, 6.45) is -0.965. The van der Waals surface area contributed by atoms with Crippen molar-refractivity contribution in [2.75, 3.05) is 6.54 Å². The van der Waals surface area contributed by atoms with Crippen LogP contribution in [0.5, 0.6) is 0 Å². The fourth-order valence-electron chi connectivity index (χ4n) is 0.577. The number of hydrogen-bond acceptors (Lipinski definition) is 3. The first-order valence-electron chi connectivity index (χ1n) is 3.96. The Kier molecular flexibility index (Phi) is 4.37. The topological polar surface area (TPSA) is 55.4 Å². The molecule has 76 valence electrons. The summed E-state index contributed by atoms with van der Waals surface area (Å²) in [5.41, 5.74) is -0.580. The van der Waals surface area contributed by atoms with Crippen molar-refractivity contribution < 1.29 is 18.7 Å². The Hall–Kier alpha value is -1.13. The van der Waals surface area contributed by atoms with Crippen molar-refractivity contribution in [1.82, 2.24) is 5.32 Å². The number of amides is 1. The van der Waals surface area contributed by atoms with Crippen LogP contribution in [0.1, 0.15) is 27.2 Å². The summed E-state index contributed by atoms with van der Waals surface area (Å²) in [5.74, 6) is 0. The van der Waals surface area contributed by atoms with E-state index in [1.807, 2.05) is 0 Å². The summed E-state index contributed by atoms with van der Waals surface area (Å²) in [6.45, 7) is 5.11. The average molecular weight is 191 g/mol. The van der Waals surface area contributed by atoms with E-state index in [2.05, 4.69) is 5.32 Å². The number of carbonyl (C=O) groups is 2. The Morgan fingerprint density at radius 2 is 1.92 bits per heavy atom. The normalized spacial score (nSPS) is 10.8. The quantitative estimate of drug-likeness (QED) is 0.686. The highest BCUT2D eigenvalue weighted by Crippen LogP contribution is 2.06. The van der Waals surface area contributed by atoms with Gasteiger partial charge in [0, 0.05) is 6.54 Å². The highest BCUT2D eigenvalue weighted by molar-refractivity contribution is 5.71. The first kappa shape index (κ1) is 11.9. The molecule has 5 heteroatoms. The lowest BCUT2D eigenvalue weighted by molar-refractivity contribution is -0.129.